The Morgan fingerprint density at radius 3 is 2.31 bits per heavy atom. The number of carbonyl (C=O) groups excluding carboxylic acids is 1. The van der Waals surface area contributed by atoms with Crippen LogP contribution in [-0.2, 0) is 17.9 Å². The number of carbonyl (C=O) groups is 1. The maximum absolute atomic E-state index is 12.8. The van der Waals surface area contributed by atoms with E-state index in [1.54, 1.807) is 7.11 Å². The van der Waals surface area contributed by atoms with Crippen molar-refractivity contribution in [3.8, 4) is 5.75 Å². The quantitative estimate of drug-likeness (QED) is 0.626. The summed E-state index contributed by atoms with van der Waals surface area (Å²) in [5.74, 6) is 0.946. The molecule has 0 fully saturated rings. The molecule has 0 aromatic heterocycles. The van der Waals surface area contributed by atoms with E-state index in [4.69, 9.17) is 4.74 Å². The minimum Gasteiger partial charge on any atom is -0.497 e. The van der Waals surface area contributed by atoms with E-state index in [2.05, 4.69) is 30.3 Å². The summed E-state index contributed by atoms with van der Waals surface area (Å²) in [6, 6.07) is 22.5. The summed E-state index contributed by atoms with van der Waals surface area (Å²) < 4.78 is 5.22. The molecular weight excluding hydrogens is 322 g/mol. The molecule has 3 aromatic rings. The molecule has 1 amide bonds. The Hall–Kier alpha value is -2.81. The molecule has 3 heteroatoms. The largest absolute Gasteiger partial charge is 0.497 e. The Morgan fingerprint density at radius 1 is 0.923 bits per heavy atom. The van der Waals surface area contributed by atoms with Crippen LogP contribution in [0.2, 0.25) is 0 Å². The van der Waals surface area contributed by atoms with Gasteiger partial charge in [0, 0.05) is 19.0 Å². The summed E-state index contributed by atoms with van der Waals surface area (Å²) in [5.41, 5.74) is 2.27. The topological polar surface area (TPSA) is 29.5 Å². The highest BCUT2D eigenvalue weighted by Gasteiger charge is 2.18. The van der Waals surface area contributed by atoms with E-state index >= 15 is 0 Å². The van der Waals surface area contributed by atoms with Crippen molar-refractivity contribution in [3.05, 3.63) is 77.9 Å². The van der Waals surface area contributed by atoms with Crippen molar-refractivity contribution in [3.63, 3.8) is 0 Å². The smallest absolute Gasteiger partial charge is 0.225 e. The first-order chi connectivity index (χ1) is 12.6. The first-order valence-corrected chi connectivity index (χ1v) is 8.97. The van der Waals surface area contributed by atoms with Crippen molar-refractivity contribution in [1.29, 1.82) is 0 Å². The maximum Gasteiger partial charge on any atom is 0.225 e. The highest BCUT2D eigenvalue weighted by Crippen LogP contribution is 2.22. The third kappa shape index (κ3) is 4.05. The summed E-state index contributed by atoms with van der Waals surface area (Å²) in [5, 5.41) is 2.40. The second-order valence-corrected chi connectivity index (χ2v) is 6.84. The fourth-order valence-corrected chi connectivity index (χ4v) is 3.16. The molecule has 0 aliphatic rings. The highest BCUT2D eigenvalue weighted by molar-refractivity contribution is 5.86. The number of ether oxygens (including phenoxy) is 1. The second kappa shape index (κ2) is 8.05. The number of amides is 1. The van der Waals surface area contributed by atoms with Crippen LogP contribution in [0.1, 0.15) is 25.0 Å². The van der Waals surface area contributed by atoms with Gasteiger partial charge in [0.05, 0.1) is 7.11 Å². The van der Waals surface area contributed by atoms with E-state index in [-0.39, 0.29) is 11.8 Å². The SMILES string of the molecule is COc1ccc(CN(Cc2cccc3ccccc23)C(=O)C(C)C)cc1. The zero-order valence-electron chi connectivity index (χ0n) is 15.6. The van der Waals surface area contributed by atoms with Crippen LogP contribution in [0.15, 0.2) is 66.7 Å². The van der Waals surface area contributed by atoms with Crippen LogP contribution in [0.25, 0.3) is 10.8 Å². The Kier molecular flexibility index (Phi) is 5.57. The monoisotopic (exact) mass is 347 g/mol. The van der Waals surface area contributed by atoms with Gasteiger partial charge in [0.2, 0.25) is 5.91 Å². The van der Waals surface area contributed by atoms with Crippen molar-refractivity contribution < 1.29 is 9.53 Å². The lowest BCUT2D eigenvalue weighted by molar-refractivity contribution is -0.135. The molecule has 0 aliphatic heterocycles. The average molecular weight is 347 g/mol. The molecule has 0 spiro atoms. The molecule has 3 rings (SSSR count). The molecule has 0 saturated carbocycles. The van der Waals surface area contributed by atoms with Crippen molar-refractivity contribution in [2.75, 3.05) is 7.11 Å². The van der Waals surface area contributed by atoms with Gasteiger partial charge in [-0.05, 0) is 34.0 Å². The van der Waals surface area contributed by atoms with Crippen LogP contribution < -0.4 is 4.74 Å². The molecule has 3 aromatic carbocycles. The van der Waals surface area contributed by atoms with E-state index < -0.39 is 0 Å². The van der Waals surface area contributed by atoms with Gasteiger partial charge in [-0.2, -0.15) is 0 Å². The second-order valence-electron chi connectivity index (χ2n) is 6.84. The zero-order chi connectivity index (χ0) is 18.5. The maximum atomic E-state index is 12.8. The van der Waals surface area contributed by atoms with Gasteiger partial charge in [0.15, 0.2) is 0 Å². The van der Waals surface area contributed by atoms with Gasteiger partial charge in [-0.15, -0.1) is 0 Å². The molecule has 0 N–H and O–H groups in total. The molecule has 0 unspecified atom stereocenters. The molecule has 0 heterocycles. The van der Waals surface area contributed by atoms with Gasteiger partial charge in [0.25, 0.3) is 0 Å². The number of nitrogens with zero attached hydrogens (tertiary/aromatic N) is 1. The van der Waals surface area contributed by atoms with Gasteiger partial charge < -0.3 is 9.64 Å². The predicted molar refractivity (Wildman–Crippen MR) is 106 cm³/mol. The lowest BCUT2D eigenvalue weighted by Gasteiger charge is -2.25. The average Bonchev–Trinajstić information content (AvgIpc) is 2.67. The number of methoxy groups -OCH3 is 1. The van der Waals surface area contributed by atoms with Gasteiger partial charge in [-0.3, -0.25) is 4.79 Å². The van der Waals surface area contributed by atoms with Crippen molar-refractivity contribution in [1.82, 2.24) is 4.90 Å². The number of hydrogen-bond acceptors (Lipinski definition) is 2. The number of hydrogen-bond donors (Lipinski definition) is 0. The normalized spacial score (nSPS) is 10.9. The lowest BCUT2D eigenvalue weighted by atomic mass is 10.0. The molecule has 3 nitrogen and oxygen atoms in total. The summed E-state index contributed by atoms with van der Waals surface area (Å²) in [7, 11) is 1.66. The fourth-order valence-electron chi connectivity index (χ4n) is 3.16. The van der Waals surface area contributed by atoms with Gasteiger partial charge in [-0.1, -0.05) is 68.4 Å². The van der Waals surface area contributed by atoms with Crippen LogP contribution in [-0.4, -0.2) is 17.9 Å². The van der Waals surface area contributed by atoms with Crippen LogP contribution in [0.5, 0.6) is 5.75 Å². The van der Waals surface area contributed by atoms with Crippen LogP contribution >= 0.6 is 0 Å². The summed E-state index contributed by atoms with van der Waals surface area (Å²) in [4.78, 5) is 14.8. The van der Waals surface area contributed by atoms with Gasteiger partial charge in [-0.25, -0.2) is 0 Å². The predicted octanol–water partition coefficient (Wildman–Crippen LogP) is 5.03. The van der Waals surface area contributed by atoms with Crippen molar-refractivity contribution >= 4 is 16.7 Å². The van der Waals surface area contributed by atoms with Crippen molar-refractivity contribution in [2.45, 2.75) is 26.9 Å². The fraction of sp³-hybridized carbons (Fsp3) is 0.261. The minimum atomic E-state index is -0.0387. The van der Waals surface area contributed by atoms with Gasteiger partial charge >= 0.3 is 0 Å². The molecule has 0 saturated heterocycles. The van der Waals surface area contributed by atoms with E-state index in [1.807, 2.05) is 55.1 Å². The Labute approximate surface area is 155 Å². The summed E-state index contributed by atoms with van der Waals surface area (Å²) in [6.07, 6.45) is 0. The standard InChI is InChI=1S/C23H25NO2/c1-17(2)23(25)24(15-18-11-13-21(26-3)14-12-18)16-20-9-6-8-19-7-4-5-10-22(19)20/h4-14,17H,15-16H2,1-3H3. The van der Waals surface area contributed by atoms with E-state index in [0.717, 1.165) is 11.3 Å². The van der Waals surface area contributed by atoms with Crippen LogP contribution in [0, 0.1) is 5.92 Å². The molecular formula is C23H25NO2. The number of rotatable bonds is 6. The highest BCUT2D eigenvalue weighted by atomic mass is 16.5. The molecule has 26 heavy (non-hydrogen) atoms. The number of fused-ring (bicyclic) bond motifs is 1. The van der Waals surface area contributed by atoms with E-state index in [1.165, 1.54) is 16.3 Å². The molecule has 0 radical (unpaired) electrons. The lowest BCUT2D eigenvalue weighted by Crippen LogP contribution is -2.33. The number of benzene rings is 3. The van der Waals surface area contributed by atoms with Crippen molar-refractivity contribution in [2.24, 2.45) is 5.92 Å². The molecule has 0 bridgehead atoms. The van der Waals surface area contributed by atoms with Gasteiger partial charge in [0.1, 0.15) is 5.75 Å². The zero-order valence-corrected chi connectivity index (χ0v) is 15.6. The van der Waals surface area contributed by atoms with E-state index in [0.29, 0.717) is 13.1 Å². The Morgan fingerprint density at radius 2 is 1.62 bits per heavy atom. The Bertz CT molecular complexity index is 879. The molecule has 0 atom stereocenters. The third-order valence-electron chi connectivity index (χ3n) is 4.58. The third-order valence-corrected chi connectivity index (χ3v) is 4.58. The summed E-state index contributed by atoms with van der Waals surface area (Å²) >= 11 is 0. The van der Waals surface area contributed by atoms with Crippen LogP contribution in [0.3, 0.4) is 0 Å². The van der Waals surface area contributed by atoms with Crippen LogP contribution in [0.4, 0.5) is 0 Å². The first-order valence-electron chi connectivity index (χ1n) is 8.97. The molecule has 0 aliphatic carbocycles. The Balaban J connectivity index is 1.89. The first kappa shape index (κ1) is 18.0. The van der Waals surface area contributed by atoms with E-state index in [9.17, 15) is 4.79 Å². The summed E-state index contributed by atoms with van der Waals surface area (Å²) in [6.45, 7) is 5.09. The molecule has 134 valence electrons. The minimum absolute atomic E-state index is 0.0387.